The van der Waals surface area contributed by atoms with Crippen molar-refractivity contribution in [2.45, 2.75) is 12.8 Å². The van der Waals surface area contributed by atoms with E-state index < -0.39 is 11.6 Å². The van der Waals surface area contributed by atoms with Crippen LogP contribution in [-0.4, -0.2) is 22.5 Å². The number of nitrogens with zero attached hydrogens (tertiary/aromatic N) is 2. The molecule has 2 aromatic carbocycles. The molecule has 2 aliphatic rings. The first kappa shape index (κ1) is 16.7. The van der Waals surface area contributed by atoms with Crippen LogP contribution in [0.4, 0.5) is 20.2 Å². The Labute approximate surface area is 152 Å². The summed E-state index contributed by atoms with van der Waals surface area (Å²) in [5.74, 6) is -0.560. The van der Waals surface area contributed by atoms with Crippen LogP contribution < -0.4 is 10.7 Å². The van der Waals surface area contributed by atoms with Crippen molar-refractivity contribution in [2.75, 3.05) is 11.1 Å². The average Bonchev–Trinajstić information content (AvgIpc) is 2.64. The fourth-order valence-electron chi connectivity index (χ4n) is 2.79. The number of carbonyl (C=O) groups excluding carboxylic acids is 1. The molecule has 5 nitrogen and oxygen atoms in total. The Hall–Kier alpha value is -2.74. The summed E-state index contributed by atoms with van der Waals surface area (Å²) >= 11 is 1.32. The molecule has 2 aromatic rings. The summed E-state index contributed by atoms with van der Waals surface area (Å²) in [6, 6.07) is 9.26. The van der Waals surface area contributed by atoms with Gasteiger partial charge < -0.3 is 5.32 Å². The molecular weight excluding hydrogens is 358 g/mol. The minimum atomic E-state index is -0.443. The normalized spacial score (nSPS) is 18.0. The van der Waals surface area contributed by atoms with Crippen molar-refractivity contribution < 1.29 is 13.6 Å². The summed E-state index contributed by atoms with van der Waals surface area (Å²) in [5.41, 5.74) is 5.31. The third kappa shape index (κ3) is 3.32. The maximum Gasteiger partial charge on any atom is 0.224 e. The maximum absolute atomic E-state index is 14.4. The van der Waals surface area contributed by atoms with Crippen LogP contribution in [0, 0.1) is 11.6 Å². The number of para-hydroxylation sites is 1. The molecule has 2 heterocycles. The van der Waals surface area contributed by atoms with Crippen molar-refractivity contribution in [3.05, 3.63) is 59.2 Å². The molecule has 8 heteroatoms. The van der Waals surface area contributed by atoms with E-state index in [0.717, 1.165) is 5.56 Å². The highest BCUT2D eigenvalue weighted by Crippen LogP contribution is 2.28. The van der Waals surface area contributed by atoms with Gasteiger partial charge in [-0.15, -0.1) is 0 Å². The molecule has 0 aromatic heterocycles. The smallest absolute Gasteiger partial charge is 0.224 e. The van der Waals surface area contributed by atoms with Crippen LogP contribution in [0.5, 0.6) is 0 Å². The van der Waals surface area contributed by atoms with Crippen molar-refractivity contribution in [2.24, 2.45) is 10.1 Å². The van der Waals surface area contributed by atoms with Crippen molar-refractivity contribution in [1.82, 2.24) is 5.43 Å². The lowest BCUT2D eigenvalue weighted by Gasteiger charge is -2.20. The van der Waals surface area contributed by atoms with Gasteiger partial charge >= 0.3 is 0 Å². The molecule has 26 heavy (non-hydrogen) atoms. The number of aliphatic imine (C=N–C) groups is 1. The molecule has 0 saturated carbocycles. The van der Waals surface area contributed by atoms with Crippen molar-refractivity contribution >= 4 is 39.9 Å². The van der Waals surface area contributed by atoms with Gasteiger partial charge in [-0.1, -0.05) is 23.9 Å². The van der Waals surface area contributed by atoms with Gasteiger partial charge in [0.25, 0.3) is 0 Å². The van der Waals surface area contributed by atoms with E-state index in [1.54, 1.807) is 24.3 Å². The molecule has 0 spiro atoms. The number of rotatable bonds is 2. The van der Waals surface area contributed by atoms with Crippen molar-refractivity contribution in [3.8, 4) is 0 Å². The number of thioether (sulfide) groups is 1. The van der Waals surface area contributed by atoms with Gasteiger partial charge in [0.15, 0.2) is 5.17 Å². The first-order valence-electron chi connectivity index (χ1n) is 8.01. The van der Waals surface area contributed by atoms with Crippen LogP contribution in [0.1, 0.15) is 17.5 Å². The number of fused-ring (bicyclic) bond motifs is 1. The summed E-state index contributed by atoms with van der Waals surface area (Å²) < 4.78 is 28.1. The average molecular weight is 372 g/mol. The molecule has 2 N–H and O–H groups in total. The first-order chi connectivity index (χ1) is 12.6. The summed E-state index contributed by atoms with van der Waals surface area (Å²) in [5, 5.41) is 7.32. The zero-order valence-electron chi connectivity index (χ0n) is 13.6. The Morgan fingerprint density at radius 3 is 2.73 bits per heavy atom. The fraction of sp³-hybridized carbons (Fsp3) is 0.167. The van der Waals surface area contributed by atoms with Gasteiger partial charge in [-0.05, 0) is 36.2 Å². The van der Waals surface area contributed by atoms with Gasteiger partial charge in [0.2, 0.25) is 5.91 Å². The van der Waals surface area contributed by atoms with Crippen LogP contribution in [0.25, 0.3) is 0 Å². The topological polar surface area (TPSA) is 65.8 Å². The number of nitrogens with one attached hydrogen (secondary N) is 2. The second-order valence-corrected chi connectivity index (χ2v) is 6.83. The third-order valence-electron chi connectivity index (χ3n) is 4.11. The number of amidine groups is 1. The molecule has 0 fully saturated rings. The van der Waals surface area contributed by atoms with Crippen LogP contribution >= 0.6 is 11.8 Å². The zero-order valence-corrected chi connectivity index (χ0v) is 14.4. The number of halogens is 2. The highest BCUT2D eigenvalue weighted by Gasteiger charge is 2.22. The third-order valence-corrected chi connectivity index (χ3v) is 4.98. The molecule has 0 saturated heterocycles. The Morgan fingerprint density at radius 1 is 1.12 bits per heavy atom. The van der Waals surface area contributed by atoms with E-state index in [9.17, 15) is 13.6 Å². The molecule has 0 unspecified atom stereocenters. The number of hydrogen-bond donors (Lipinski definition) is 2. The Bertz CT molecular complexity index is 958. The Morgan fingerprint density at radius 2 is 1.96 bits per heavy atom. The number of anilines is 1. The number of aryl methyl sites for hydroxylation is 1. The molecule has 0 radical (unpaired) electrons. The van der Waals surface area contributed by atoms with Crippen molar-refractivity contribution in [1.29, 1.82) is 0 Å². The second kappa shape index (κ2) is 6.87. The van der Waals surface area contributed by atoms with E-state index in [4.69, 9.17) is 0 Å². The monoisotopic (exact) mass is 372 g/mol. The van der Waals surface area contributed by atoms with Gasteiger partial charge in [0, 0.05) is 23.4 Å². The number of hydrazone groups is 1. The molecular formula is C18H14F2N4OS. The van der Waals surface area contributed by atoms with Crippen molar-refractivity contribution in [3.63, 3.8) is 0 Å². The lowest BCUT2D eigenvalue weighted by atomic mass is 9.98. The van der Waals surface area contributed by atoms with Crippen LogP contribution in [-0.2, 0) is 11.2 Å². The lowest BCUT2D eigenvalue weighted by Crippen LogP contribution is -2.26. The number of hydrogen-bond acceptors (Lipinski definition) is 4. The van der Waals surface area contributed by atoms with Gasteiger partial charge in [0.1, 0.15) is 17.3 Å². The summed E-state index contributed by atoms with van der Waals surface area (Å²) in [6.45, 7) is 0. The van der Waals surface area contributed by atoms with Crippen LogP contribution in [0.15, 0.2) is 46.5 Å². The van der Waals surface area contributed by atoms with E-state index in [1.807, 2.05) is 0 Å². The van der Waals surface area contributed by atoms with Gasteiger partial charge in [-0.3, -0.25) is 10.2 Å². The predicted octanol–water partition coefficient (Wildman–Crippen LogP) is 3.58. The molecule has 1 amide bonds. The zero-order chi connectivity index (χ0) is 18.1. The molecule has 0 atom stereocenters. The first-order valence-corrected chi connectivity index (χ1v) is 9.00. The van der Waals surface area contributed by atoms with Gasteiger partial charge in [0.05, 0.1) is 5.71 Å². The van der Waals surface area contributed by atoms with E-state index >= 15 is 0 Å². The molecule has 4 rings (SSSR count). The van der Waals surface area contributed by atoms with E-state index in [2.05, 4.69) is 20.8 Å². The van der Waals surface area contributed by atoms with E-state index in [0.29, 0.717) is 40.7 Å². The van der Waals surface area contributed by atoms with Crippen LogP contribution in [0.3, 0.4) is 0 Å². The second-order valence-electron chi connectivity index (χ2n) is 5.86. The molecule has 0 aliphatic carbocycles. The predicted molar refractivity (Wildman–Crippen MR) is 99.0 cm³/mol. The Balaban J connectivity index is 1.58. The maximum atomic E-state index is 14.4. The lowest BCUT2D eigenvalue weighted by molar-refractivity contribution is -0.116. The quantitative estimate of drug-likeness (QED) is 0.847. The van der Waals surface area contributed by atoms with Gasteiger partial charge in [-0.25, -0.2) is 13.8 Å². The molecule has 132 valence electrons. The standard InChI is InChI=1S/C18H14F2N4OS/c19-12-3-1-2-4-14(12)22-18-24-23-16(9-26-18)11-7-10-5-6-17(25)21-15(10)8-13(11)20/h1-4,7-8H,5-6,9H2,(H,21,25)(H,22,24). The summed E-state index contributed by atoms with van der Waals surface area (Å²) in [7, 11) is 0. The summed E-state index contributed by atoms with van der Waals surface area (Å²) in [4.78, 5) is 15.6. The largest absolute Gasteiger partial charge is 0.326 e. The number of carbonyl (C=O) groups is 1. The number of benzene rings is 2. The van der Waals surface area contributed by atoms with Crippen LogP contribution in [0.2, 0.25) is 0 Å². The van der Waals surface area contributed by atoms with E-state index in [1.165, 1.54) is 23.9 Å². The molecule has 0 bridgehead atoms. The number of amides is 1. The van der Waals surface area contributed by atoms with Gasteiger partial charge in [-0.2, -0.15) is 5.10 Å². The fourth-order valence-corrected chi connectivity index (χ4v) is 3.55. The molecule has 2 aliphatic heterocycles. The highest BCUT2D eigenvalue weighted by atomic mass is 32.2. The minimum absolute atomic E-state index is 0.106. The van der Waals surface area contributed by atoms with E-state index in [-0.39, 0.29) is 11.6 Å². The SMILES string of the molecule is O=C1CCc2cc(C3=NNC(=Nc4ccccc4F)SC3)c(F)cc2N1. The minimum Gasteiger partial charge on any atom is -0.326 e. The summed E-state index contributed by atoms with van der Waals surface area (Å²) in [6.07, 6.45) is 0.958. The highest BCUT2D eigenvalue weighted by molar-refractivity contribution is 8.14. The Kier molecular flexibility index (Phi) is 4.42.